The highest BCUT2D eigenvalue weighted by atomic mass is 16.2. The van der Waals surface area contributed by atoms with Crippen LogP contribution in [0.25, 0.3) is 0 Å². The van der Waals surface area contributed by atoms with E-state index in [2.05, 4.69) is 10.6 Å². The molecule has 3 amide bonds. The van der Waals surface area contributed by atoms with Gasteiger partial charge in [-0.2, -0.15) is 0 Å². The first-order chi connectivity index (χ1) is 12.5. The van der Waals surface area contributed by atoms with Gasteiger partial charge >= 0.3 is 0 Å². The Labute approximate surface area is 155 Å². The van der Waals surface area contributed by atoms with Crippen molar-refractivity contribution in [2.24, 2.45) is 5.92 Å². The number of nitrogens with zero attached hydrogens (tertiary/aromatic N) is 1. The fourth-order valence-corrected chi connectivity index (χ4v) is 3.12. The summed E-state index contributed by atoms with van der Waals surface area (Å²) in [7, 11) is 0. The molecule has 1 atom stereocenters. The third-order valence-corrected chi connectivity index (χ3v) is 4.66. The second-order valence-corrected chi connectivity index (χ2v) is 6.89. The van der Waals surface area contributed by atoms with Gasteiger partial charge in [0.1, 0.15) is 0 Å². The van der Waals surface area contributed by atoms with Crippen molar-refractivity contribution in [1.82, 2.24) is 15.5 Å². The molecule has 142 valence electrons. The Balaban J connectivity index is 1.74. The van der Waals surface area contributed by atoms with Crippen molar-refractivity contribution in [2.75, 3.05) is 19.6 Å². The predicted octanol–water partition coefficient (Wildman–Crippen LogP) is 1.96. The minimum atomic E-state index is -0.235. The molecule has 0 bridgehead atoms. The van der Waals surface area contributed by atoms with Crippen LogP contribution < -0.4 is 10.6 Å². The zero-order valence-corrected chi connectivity index (χ0v) is 15.7. The summed E-state index contributed by atoms with van der Waals surface area (Å²) in [4.78, 5) is 38.4. The molecule has 2 N–H and O–H groups in total. The largest absolute Gasteiger partial charge is 0.356 e. The van der Waals surface area contributed by atoms with E-state index in [4.69, 9.17) is 0 Å². The number of hydrogen-bond donors (Lipinski definition) is 2. The maximum Gasteiger partial charge on any atom is 0.251 e. The normalized spacial score (nSPS) is 16.0. The van der Waals surface area contributed by atoms with Gasteiger partial charge in [-0.25, -0.2) is 0 Å². The highest BCUT2D eigenvalue weighted by Crippen LogP contribution is 2.18. The molecule has 1 aliphatic heterocycles. The molecule has 6 nitrogen and oxygen atoms in total. The lowest BCUT2D eigenvalue weighted by atomic mass is 9.95. The molecule has 0 saturated carbocycles. The Bertz CT molecular complexity index is 610. The van der Waals surface area contributed by atoms with Crippen LogP contribution in [0.1, 0.15) is 49.9 Å². The molecule has 1 aromatic rings. The van der Waals surface area contributed by atoms with Crippen molar-refractivity contribution >= 4 is 17.7 Å². The number of amides is 3. The molecule has 1 fully saturated rings. The number of nitrogens with one attached hydrogen (secondary N) is 2. The van der Waals surface area contributed by atoms with Crippen LogP contribution in [0.2, 0.25) is 0 Å². The average molecular weight is 359 g/mol. The molecular formula is C20H29N3O3. The maximum absolute atomic E-state index is 12.4. The number of piperidine rings is 1. The van der Waals surface area contributed by atoms with E-state index in [-0.39, 0.29) is 36.1 Å². The number of likely N-dealkylation sites (tertiary alicyclic amines) is 1. The van der Waals surface area contributed by atoms with Crippen LogP contribution in [-0.4, -0.2) is 48.3 Å². The van der Waals surface area contributed by atoms with E-state index in [0.717, 1.165) is 6.42 Å². The van der Waals surface area contributed by atoms with Crippen LogP contribution in [0, 0.1) is 5.92 Å². The molecule has 1 unspecified atom stereocenters. The summed E-state index contributed by atoms with van der Waals surface area (Å²) >= 11 is 0. The van der Waals surface area contributed by atoms with Crippen molar-refractivity contribution in [3.63, 3.8) is 0 Å². The topological polar surface area (TPSA) is 78.5 Å². The first kappa shape index (κ1) is 19.9. The quantitative estimate of drug-likeness (QED) is 0.781. The van der Waals surface area contributed by atoms with E-state index in [9.17, 15) is 14.4 Å². The lowest BCUT2D eigenvalue weighted by molar-refractivity contribution is -0.135. The summed E-state index contributed by atoms with van der Waals surface area (Å²) in [6.45, 7) is 5.77. The van der Waals surface area contributed by atoms with Gasteiger partial charge in [0.2, 0.25) is 11.8 Å². The van der Waals surface area contributed by atoms with Crippen LogP contribution >= 0.6 is 0 Å². The summed E-state index contributed by atoms with van der Waals surface area (Å²) < 4.78 is 0. The van der Waals surface area contributed by atoms with E-state index < -0.39 is 0 Å². The third-order valence-electron chi connectivity index (χ3n) is 4.66. The molecular weight excluding hydrogens is 330 g/mol. The second-order valence-electron chi connectivity index (χ2n) is 6.89. The van der Waals surface area contributed by atoms with Gasteiger partial charge in [-0.05, 0) is 38.3 Å². The summed E-state index contributed by atoms with van der Waals surface area (Å²) in [6, 6.07) is 8.74. The van der Waals surface area contributed by atoms with E-state index >= 15 is 0 Å². The first-order valence-electron chi connectivity index (χ1n) is 9.42. The van der Waals surface area contributed by atoms with E-state index in [1.165, 1.54) is 0 Å². The van der Waals surface area contributed by atoms with E-state index in [1.807, 2.05) is 32.0 Å². The van der Waals surface area contributed by atoms with Crippen LogP contribution in [-0.2, 0) is 9.59 Å². The molecule has 6 heteroatoms. The van der Waals surface area contributed by atoms with Crippen molar-refractivity contribution in [3.8, 4) is 0 Å². The van der Waals surface area contributed by atoms with Gasteiger partial charge in [-0.15, -0.1) is 0 Å². The van der Waals surface area contributed by atoms with Gasteiger partial charge in [0.25, 0.3) is 5.91 Å². The highest BCUT2D eigenvalue weighted by Gasteiger charge is 2.27. The SMILES string of the molecule is CCCNC(=O)C1CCN(C(=O)CC(C)NC(=O)c2ccccc2)CC1. The first-order valence-corrected chi connectivity index (χ1v) is 9.42. The minimum Gasteiger partial charge on any atom is -0.356 e. The number of rotatable bonds is 7. The third kappa shape index (κ3) is 5.86. The average Bonchev–Trinajstić information content (AvgIpc) is 2.66. The van der Waals surface area contributed by atoms with Gasteiger partial charge < -0.3 is 15.5 Å². The Morgan fingerprint density at radius 3 is 2.42 bits per heavy atom. The standard InChI is InChI=1S/C20H29N3O3/c1-3-11-21-19(25)17-9-12-23(13-10-17)18(24)14-15(2)22-20(26)16-7-5-4-6-8-16/h4-8,15,17H,3,9-14H2,1-2H3,(H,21,25)(H,22,26). The van der Waals surface area contributed by atoms with Crippen LogP contribution in [0.3, 0.4) is 0 Å². The summed E-state index contributed by atoms with van der Waals surface area (Å²) in [5.41, 5.74) is 0.589. The highest BCUT2D eigenvalue weighted by molar-refractivity contribution is 5.94. The van der Waals surface area contributed by atoms with E-state index in [0.29, 0.717) is 38.0 Å². The van der Waals surface area contributed by atoms with Gasteiger partial charge in [0.15, 0.2) is 0 Å². The summed E-state index contributed by atoms with van der Waals surface area (Å²) in [5, 5.41) is 5.79. The lowest BCUT2D eigenvalue weighted by Crippen LogP contribution is -2.45. The molecule has 2 rings (SSSR count). The van der Waals surface area contributed by atoms with Gasteiger partial charge in [0.05, 0.1) is 0 Å². The molecule has 1 aliphatic rings. The predicted molar refractivity (Wildman–Crippen MR) is 101 cm³/mol. The smallest absolute Gasteiger partial charge is 0.251 e. The molecule has 0 aromatic heterocycles. The molecule has 26 heavy (non-hydrogen) atoms. The van der Waals surface area contributed by atoms with Gasteiger partial charge in [0, 0.05) is 43.6 Å². The fraction of sp³-hybridized carbons (Fsp3) is 0.550. The number of carbonyl (C=O) groups is 3. The van der Waals surface area contributed by atoms with E-state index in [1.54, 1.807) is 17.0 Å². The molecule has 0 radical (unpaired) electrons. The summed E-state index contributed by atoms with van der Waals surface area (Å²) in [6.07, 6.45) is 2.60. The van der Waals surface area contributed by atoms with Gasteiger partial charge in [-0.1, -0.05) is 25.1 Å². The minimum absolute atomic E-state index is 0.000747. The van der Waals surface area contributed by atoms with Crippen LogP contribution in [0.15, 0.2) is 30.3 Å². The van der Waals surface area contributed by atoms with Crippen molar-refractivity contribution in [2.45, 2.75) is 45.6 Å². The fourth-order valence-electron chi connectivity index (χ4n) is 3.12. The second kappa shape index (κ2) is 9.94. The zero-order valence-electron chi connectivity index (χ0n) is 15.7. The Hall–Kier alpha value is -2.37. The molecule has 0 aliphatic carbocycles. The Morgan fingerprint density at radius 1 is 1.15 bits per heavy atom. The van der Waals surface area contributed by atoms with Crippen LogP contribution in [0.4, 0.5) is 0 Å². The summed E-state index contributed by atoms with van der Waals surface area (Å²) in [5.74, 6) is -0.0428. The molecule has 1 heterocycles. The molecule has 1 saturated heterocycles. The lowest BCUT2D eigenvalue weighted by Gasteiger charge is -2.32. The Kier molecular flexibility index (Phi) is 7.63. The van der Waals surface area contributed by atoms with Crippen molar-refractivity contribution in [1.29, 1.82) is 0 Å². The van der Waals surface area contributed by atoms with Crippen LogP contribution in [0.5, 0.6) is 0 Å². The molecule has 0 spiro atoms. The number of carbonyl (C=O) groups excluding carboxylic acids is 3. The Morgan fingerprint density at radius 2 is 1.81 bits per heavy atom. The monoisotopic (exact) mass is 359 g/mol. The zero-order chi connectivity index (χ0) is 18.9. The van der Waals surface area contributed by atoms with Crippen molar-refractivity contribution < 1.29 is 14.4 Å². The van der Waals surface area contributed by atoms with Crippen molar-refractivity contribution in [3.05, 3.63) is 35.9 Å². The van der Waals surface area contributed by atoms with Gasteiger partial charge in [-0.3, -0.25) is 14.4 Å². The number of hydrogen-bond acceptors (Lipinski definition) is 3. The number of benzene rings is 1. The molecule has 1 aromatic carbocycles. The maximum atomic E-state index is 12.4.